The van der Waals surface area contributed by atoms with Gasteiger partial charge in [-0.05, 0) is 0 Å². The molecule has 0 fully saturated rings. The van der Waals surface area contributed by atoms with Gasteiger partial charge in [-0.3, -0.25) is 4.79 Å². The first-order valence-corrected chi connectivity index (χ1v) is 4.58. The second-order valence-corrected chi connectivity index (χ2v) is 3.69. The van der Waals surface area contributed by atoms with Gasteiger partial charge in [-0.2, -0.15) is 0 Å². The molecule has 12 heavy (non-hydrogen) atoms. The number of ketones is 1. The van der Waals surface area contributed by atoms with Crippen molar-refractivity contribution in [2.24, 2.45) is 5.92 Å². The quantitative estimate of drug-likeness (QED) is 0.626. The highest BCUT2D eigenvalue weighted by Gasteiger charge is 2.19. The fourth-order valence-electron chi connectivity index (χ4n) is 1.06. The van der Waals surface area contributed by atoms with Crippen molar-refractivity contribution in [3.63, 3.8) is 0 Å². The lowest BCUT2D eigenvalue weighted by atomic mass is 9.68. The van der Waals surface area contributed by atoms with Crippen LogP contribution in [0.2, 0.25) is 6.82 Å². The molecule has 0 saturated heterocycles. The molecule has 3 heteroatoms. The van der Waals surface area contributed by atoms with Crippen molar-refractivity contribution in [2.75, 3.05) is 0 Å². The van der Waals surface area contributed by atoms with Gasteiger partial charge >= 0.3 is 0 Å². The van der Waals surface area contributed by atoms with Gasteiger partial charge in [0.2, 0.25) is 0 Å². The normalized spacial score (nSPS) is 13.6. The van der Waals surface area contributed by atoms with Gasteiger partial charge in [-0.25, -0.2) is 0 Å². The summed E-state index contributed by atoms with van der Waals surface area (Å²) in [6.07, 6.45) is 0. The molecular formula is C9H19BNO. The van der Waals surface area contributed by atoms with E-state index in [4.69, 9.17) is 0 Å². The fraction of sp³-hybridized carbons (Fsp3) is 0.889. The molecule has 0 aromatic rings. The molecule has 0 aliphatic rings. The van der Waals surface area contributed by atoms with E-state index in [2.05, 4.69) is 5.32 Å². The third-order valence-corrected chi connectivity index (χ3v) is 1.72. The molecule has 0 aliphatic heterocycles. The van der Waals surface area contributed by atoms with E-state index in [1.54, 1.807) is 0 Å². The highest BCUT2D eigenvalue weighted by Crippen LogP contribution is 1.99. The molecule has 0 aromatic heterocycles. The molecule has 0 heterocycles. The average Bonchev–Trinajstić information content (AvgIpc) is 1.98. The summed E-state index contributed by atoms with van der Waals surface area (Å²) in [7, 11) is 1.92. The fourth-order valence-corrected chi connectivity index (χ4v) is 1.06. The molecule has 0 rings (SSSR count). The Morgan fingerprint density at radius 3 is 2.00 bits per heavy atom. The van der Waals surface area contributed by atoms with E-state index in [1.165, 1.54) is 0 Å². The average molecular weight is 168 g/mol. The van der Waals surface area contributed by atoms with Gasteiger partial charge in [0.1, 0.15) is 13.1 Å². The van der Waals surface area contributed by atoms with Crippen LogP contribution in [-0.2, 0) is 4.79 Å². The number of carbonyl (C=O) groups excluding carboxylic acids is 1. The SMILES string of the molecule is C[B]C(NC(C)C)C(=O)C(C)C. The molecule has 1 atom stereocenters. The highest BCUT2D eigenvalue weighted by molar-refractivity contribution is 6.43. The van der Waals surface area contributed by atoms with E-state index in [-0.39, 0.29) is 17.6 Å². The predicted molar refractivity (Wildman–Crippen MR) is 53.5 cm³/mol. The summed E-state index contributed by atoms with van der Waals surface area (Å²) in [6.45, 7) is 9.87. The number of hydrogen-bond acceptors (Lipinski definition) is 2. The Morgan fingerprint density at radius 2 is 1.75 bits per heavy atom. The largest absolute Gasteiger partial charge is 0.312 e. The smallest absolute Gasteiger partial charge is 0.143 e. The van der Waals surface area contributed by atoms with Crippen molar-refractivity contribution in [3.05, 3.63) is 0 Å². The molecule has 2 nitrogen and oxygen atoms in total. The summed E-state index contributed by atoms with van der Waals surface area (Å²) in [4.78, 5) is 11.5. The van der Waals surface area contributed by atoms with Gasteiger partial charge in [0.05, 0.1) is 0 Å². The monoisotopic (exact) mass is 168 g/mol. The van der Waals surface area contributed by atoms with Crippen LogP contribution in [0.1, 0.15) is 27.7 Å². The summed E-state index contributed by atoms with van der Waals surface area (Å²) in [5.74, 6) is 0.300. The number of nitrogens with one attached hydrogen (secondary N) is 1. The van der Waals surface area contributed by atoms with Crippen LogP contribution in [0.3, 0.4) is 0 Å². The van der Waals surface area contributed by atoms with Crippen LogP contribution in [-0.4, -0.2) is 25.0 Å². The summed E-state index contributed by atoms with van der Waals surface area (Å²) in [5, 5.41) is 3.21. The Balaban J connectivity index is 4.06. The third kappa shape index (κ3) is 3.91. The summed E-state index contributed by atoms with van der Waals surface area (Å²) in [5.41, 5.74) is 0. The van der Waals surface area contributed by atoms with Gasteiger partial charge in [-0.1, -0.05) is 34.5 Å². The minimum atomic E-state index is -0.0787. The van der Waals surface area contributed by atoms with Gasteiger partial charge in [0, 0.05) is 17.9 Å². The molecule has 1 radical (unpaired) electrons. The van der Waals surface area contributed by atoms with Crippen molar-refractivity contribution < 1.29 is 4.79 Å². The molecular weight excluding hydrogens is 149 g/mol. The lowest BCUT2D eigenvalue weighted by molar-refractivity contribution is -0.122. The van der Waals surface area contributed by atoms with Crippen LogP contribution in [0, 0.1) is 5.92 Å². The van der Waals surface area contributed by atoms with Crippen LogP contribution < -0.4 is 5.32 Å². The van der Waals surface area contributed by atoms with Gasteiger partial charge in [0.15, 0.2) is 0 Å². The minimum Gasteiger partial charge on any atom is -0.312 e. The summed E-state index contributed by atoms with van der Waals surface area (Å²) < 4.78 is 0. The Bertz CT molecular complexity index is 145. The maximum atomic E-state index is 11.5. The van der Waals surface area contributed by atoms with Gasteiger partial charge in [-0.15, -0.1) is 0 Å². The molecule has 1 N–H and O–H groups in total. The number of carbonyl (C=O) groups is 1. The van der Waals surface area contributed by atoms with E-state index in [0.29, 0.717) is 6.04 Å². The lowest BCUT2D eigenvalue weighted by Gasteiger charge is -2.19. The van der Waals surface area contributed by atoms with Crippen LogP contribution in [0.25, 0.3) is 0 Å². The topological polar surface area (TPSA) is 29.1 Å². The molecule has 69 valence electrons. The first kappa shape index (κ1) is 11.7. The molecule has 0 bridgehead atoms. The highest BCUT2D eigenvalue weighted by atomic mass is 16.1. The minimum absolute atomic E-state index is 0.0787. The Kier molecular flexibility index (Phi) is 5.22. The molecule has 0 spiro atoms. The maximum Gasteiger partial charge on any atom is 0.143 e. The zero-order chi connectivity index (χ0) is 9.72. The summed E-state index contributed by atoms with van der Waals surface area (Å²) in [6, 6.07) is 0.355. The van der Waals surface area contributed by atoms with E-state index in [9.17, 15) is 4.79 Å². The first-order valence-electron chi connectivity index (χ1n) is 4.58. The van der Waals surface area contributed by atoms with Gasteiger partial charge in [0.25, 0.3) is 0 Å². The Hall–Kier alpha value is -0.305. The van der Waals surface area contributed by atoms with E-state index in [1.807, 2.05) is 41.8 Å². The van der Waals surface area contributed by atoms with Crippen molar-refractivity contribution >= 4 is 13.1 Å². The van der Waals surface area contributed by atoms with E-state index >= 15 is 0 Å². The van der Waals surface area contributed by atoms with Crippen molar-refractivity contribution in [1.82, 2.24) is 5.32 Å². The van der Waals surface area contributed by atoms with Crippen molar-refractivity contribution in [1.29, 1.82) is 0 Å². The van der Waals surface area contributed by atoms with E-state index < -0.39 is 0 Å². The molecule has 0 aliphatic carbocycles. The van der Waals surface area contributed by atoms with Crippen LogP contribution in [0.5, 0.6) is 0 Å². The third-order valence-electron chi connectivity index (χ3n) is 1.72. The zero-order valence-corrected chi connectivity index (χ0v) is 8.72. The molecule has 1 unspecified atom stereocenters. The second kappa shape index (κ2) is 5.36. The maximum absolute atomic E-state index is 11.5. The lowest BCUT2D eigenvalue weighted by Crippen LogP contribution is -2.46. The van der Waals surface area contributed by atoms with Gasteiger partial charge < -0.3 is 5.32 Å². The van der Waals surface area contributed by atoms with Crippen molar-refractivity contribution in [3.8, 4) is 0 Å². The van der Waals surface area contributed by atoms with Crippen LogP contribution in [0.15, 0.2) is 0 Å². The zero-order valence-electron chi connectivity index (χ0n) is 8.72. The predicted octanol–water partition coefficient (Wildman–Crippen LogP) is 1.29. The summed E-state index contributed by atoms with van der Waals surface area (Å²) >= 11 is 0. The second-order valence-electron chi connectivity index (χ2n) is 3.69. The molecule has 0 saturated carbocycles. The number of Topliss-reactive ketones (excluding diaryl/α,β-unsaturated/α-hetero) is 1. The molecule has 0 aromatic carbocycles. The number of hydrogen-bond donors (Lipinski definition) is 1. The van der Waals surface area contributed by atoms with Crippen LogP contribution in [0.4, 0.5) is 0 Å². The Morgan fingerprint density at radius 1 is 1.25 bits per heavy atom. The molecule has 0 amide bonds. The Labute approximate surface area is 76.4 Å². The van der Waals surface area contributed by atoms with Crippen LogP contribution >= 0.6 is 0 Å². The van der Waals surface area contributed by atoms with Crippen molar-refractivity contribution in [2.45, 2.75) is 46.5 Å². The standard InChI is InChI=1S/C9H19BNO/c1-6(2)8(12)9(10-5)11-7(3)4/h6-7,9,11H,1-5H3. The first-order chi connectivity index (χ1) is 5.49. The van der Waals surface area contributed by atoms with E-state index in [0.717, 1.165) is 0 Å². The number of rotatable bonds is 5.